The molecule has 1 aromatic carbocycles. The van der Waals surface area contributed by atoms with Gasteiger partial charge < -0.3 is 10.2 Å². The van der Waals surface area contributed by atoms with Gasteiger partial charge in [-0.1, -0.05) is 33.3 Å². The zero-order valence-electron chi connectivity index (χ0n) is 18.6. The Morgan fingerprint density at radius 3 is 2.50 bits per heavy atom. The van der Waals surface area contributed by atoms with Gasteiger partial charge in [0.25, 0.3) is 5.91 Å². The van der Waals surface area contributed by atoms with Crippen LogP contribution in [0.2, 0.25) is 0 Å². The number of sulfonamides is 1. The predicted octanol–water partition coefficient (Wildman–Crippen LogP) is 2.87. The molecule has 0 bridgehead atoms. The number of carbonyl (C=O) groups excluding carboxylic acids is 2. The number of rotatable bonds is 9. The molecule has 30 heavy (non-hydrogen) atoms. The zero-order chi connectivity index (χ0) is 22.3. The van der Waals surface area contributed by atoms with Crippen molar-refractivity contribution in [2.75, 3.05) is 26.2 Å². The summed E-state index contributed by atoms with van der Waals surface area (Å²) in [6, 6.07) is 6.22. The van der Waals surface area contributed by atoms with Crippen LogP contribution in [0, 0.1) is 5.92 Å². The molecule has 2 rings (SSSR count). The van der Waals surface area contributed by atoms with E-state index in [0.717, 1.165) is 25.7 Å². The highest BCUT2D eigenvalue weighted by Crippen LogP contribution is 2.25. The van der Waals surface area contributed by atoms with Crippen LogP contribution >= 0.6 is 0 Å². The van der Waals surface area contributed by atoms with E-state index in [9.17, 15) is 18.0 Å². The molecule has 0 aromatic heterocycles. The van der Waals surface area contributed by atoms with Crippen molar-refractivity contribution >= 4 is 21.8 Å². The van der Waals surface area contributed by atoms with Gasteiger partial charge in [0.05, 0.1) is 10.8 Å². The minimum atomic E-state index is -3.64. The maximum absolute atomic E-state index is 13.2. The molecule has 2 atom stereocenters. The summed E-state index contributed by atoms with van der Waals surface area (Å²) in [6.45, 7) is 9.37. The number of carbonyl (C=O) groups is 2. The van der Waals surface area contributed by atoms with Gasteiger partial charge in [0.15, 0.2) is 0 Å². The first-order chi connectivity index (χ1) is 14.3. The first-order valence-electron chi connectivity index (χ1n) is 10.9. The number of amides is 2. The summed E-state index contributed by atoms with van der Waals surface area (Å²) < 4.78 is 27.0. The zero-order valence-corrected chi connectivity index (χ0v) is 19.4. The quantitative estimate of drug-likeness (QED) is 0.602. The minimum Gasteiger partial charge on any atom is -0.356 e. The molecule has 1 heterocycles. The molecular formula is C22H35N3O4S. The number of benzene rings is 1. The Labute approximate surface area is 180 Å². The predicted molar refractivity (Wildman–Crippen MR) is 118 cm³/mol. The fourth-order valence-corrected chi connectivity index (χ4v) is 5.31. The average Bonchev–Trinajstić information content (AvgIpc) is 2.74. The number of hydrogen-bond acceptors (Lipinski definition) is 4. The van der Waals surface area contributed by atoms with Crippen LogP contribution in [0.4, 0.5) is 0 Å². The summed E-state index contributed by atoms with van der Waals surface area (Å²) in [5, 5.41) is 2.96. The van der Waals surface area contributed by atoms with Crippen LogP contribution in [0.3, 0.4) is 0 Å². The third-order valence-electron chi connectivity index (χ3n) is 5.77. The Hall–Kier alpha value is -1.93. The molecule has 0 spiro atoms. The van der Waals surface area contributed by atoms with Crippen LogP contribution in [0.15, 0.2) is 29.2 Å². The Morgan fingerprint density at radius 1 is 1.17 bits per heavy atom. The summed E-state index contributed by atoms with van der Waals surface area (Å²) in [5.41, 5.74) is 0.335. The van der Waals surface area contributed by atoms with Crippen molar-refractivity contribution in [3.63, 3.8) is 0 Å². The molecule has 0 aliphatic carbocycles. The molecule has 1 fully saturated rings. The van der Waals surface area contributed by atoms with Gasteiger partial charge >= 0.3 is 0 Å². The maximum atomic E-state index is 13.2. The standard InChI is InChI=1S/C22H35N3O4S/c1-5-8-14-23-21(26)19-13-12-17(4)25(16-19)22(27)18-10-9-11-20(15-18)30(28,29)24(6-2)7-3/h9-11,15,17,19H,5-8,12-14,16H2,1-4H3,(H,23,26). The second-order valence-electron chi connectivity index (χ2n) is 7.84. The molecule has 1 aromatic rings. The summed E-state index contributed by atoms with van der Waals surface area (Å²) >= 11 is 0. The van der Waals surface area contributed by atoms with E-state index in [2.05, 4.69) is 12.2 Å². The Bertz CT molecular complexity index is 837. The smallest absolute Gasteiger partial charge is 0.254 e. The van der Waals surface area contributed by atoms with Gasteiger partial charge in [-0.25, -0.2) is 8.42 Å². The fourth-order valence-electron chi connectivity index (χ4n) is 3.80. The third-order valence-corrected chi connectivity index (χ3v) is 7.81. The van der Waals surface area contributed by atoms with Crippen LogP contribution in [0.1, 0.15) is 63.7 Å². The number of likely N-dealkylation sites (tertiary alicyclic amines) is 1. The van der Waals surface area contributed by atoms with E-state index in [1.807, 2.05) is 6.92 Å². The second-order valence-corrected chi connectivity index (χ2v) is 9.78. The largest absolute Gasteiger partial charge is 0.356 e. The lowest BCUT2D eigenvalue weighted by Crippen LogP contribution is -2.49. The van der Waals surface area contributed by atoms with Gasteiger partial charge in [-0.2, -0.15) is 4.31 Å². The van der Waals surface area contributed by atoms with Crippen LogP contribution in [0.25, 0.3) is 0 Å². The molecule has 168 valence electrons. The molecular weight excluding hydrogens is 402 g/mol. The summed E-state index contributed by atoms with van der Waals surface area (Å²) in [6.07, 6.45) is 3.44. The van der Waals surface area contributed by atoms with Crippen molar-refractivity contribution in [2.24, 2.45) is 5.92 Å². The van der Waals surface area contributed by atoms with Gasteiger partial charge in [-0.3, -0.25) is 9.59 Å². The second kappa shape index (κ2) is 10.9. The van der Waals surface area contributed by atoms with E-state index in [4.69, 9.17) is 0 Å². The van der Waals surface area contributed by atoms with Gasteiger partial charge in [0.1, 0.15) is 0 Å². The van der Waals surface area contributed by atoms with Crippen molar-refractivity contribution in [2.45, 2.75) is 64.3 Å². The monoisotopic (exact) mass is 437 g/mol. The average molecular weight is 438 g/mol. The number of hydrogen-bond donors (Lipinski definition) is 1. The van der Waals surface area contributed by atoms with Gasteiger partial charge in [-0.05, 0) is 44.4 Å². The van der Waals surface area contributed by atoms with E-state index < -0.39 is 10.0 Å². The van der Waals surface area contributed by atoms with Crippen molar-refractivity contribution in [1.82, 2.24) is 14.5 Å². The van der Waals surface area contributed by atoms with E-state index in [1.54, 1.807) is 30.9 Å². The lowest BCUT2D eigenvalue weighted by atomic mass is 9.92. The van der Waals surface area contributed by atoms with E-state index in [0.29, 0.717) is 31.7 Å². The molecule has 1 saturated heterocycles. The molecule has 2 unspecified atom stereocenters. The molecule has 8 heteroatoms. The molecule has 0 radical (unpaired) electrons. The van der Waals surface area contributed by atoms with Crippen LogP contribution in [-0.2, 0) is 14.8 Å². The number of piperidine rings is 1. The normalized spacial score (nSPS) is 19.7. The van der Waals surface area contributed by atoms with Crippen LogP contribution < -0.4 is 5.32 Å². The Kier molecular flexibility index (Phi) is 8.85. The van der Waals surface area contributed by atoms with Gasteiger partial charge in [-0.15, -0.1) is 0 Å². The lowest BCUT2D eigenvalue weighted by Gasteiger charge is -2.37. The fraction of sp³-hybridized carbons (Fsp3) is 0.636. The molecule has 0 saturated carbocycles. The van der Waals surface area contributed by atoms with Crippen LogP contribution in [-0.4, -0.2) is 61.7 Å². The minimum absolute atomic E-state index is 0.000220. The molecule has 1 N–H and O–H groups in total. The first-order valence-corrected chi connectivity index (χ1v) is 12.4. The summed E-state index contributed by atoms with van der Waals surface area (Å²) in [5.74, 6) is -0.472. The van der Waals surface area contributed by atoms with E-state index in [1.165, 1.54) is 16.4 Å². The van der Waals surface area contributed by atoms with Crippen molar-refractivity contribution in [3.8, 4) is 0 Å². The number of unbranched alkanes of at least 4 members (excludes halogenated alkanes) is 1. The maximum Gasteiger partial charge on any atom is 0.254 e. The van der Waals surface area contributed by atoms with E-state index >= 15 is 0 Å². The van der Waals surface area contributed by atoms with E-state index in [-0.39, 0.29) is 28.7 Å². The highest BCUT2D eigenvalue weighted by atomic mass is 32.2. The highest BCUT2D eigenvalue weighted by Gasteiger charge is 2.33. The van der Waals surface area contributed by atoms with Crippen LogP contribution in [0.5, 0.6) is 0 Å². The van der Waals surface area contributed by atoms with Gasteiger partial charge in [0.2, 0.25) is 15.9 Å². The molecule has 2 amide bonds. The number of nitrogens with one attached hydrogen (secondary N) is 1. The third kappa shape index (κ3) is 5.60. The molecule has 7 nitrogen and oxygen atoms in total. The Balaban J connectivity index is 2.19. The first kappa shape index (κ1) is 24.3. The topological polar surface area (TPSA) is 86.8 Å². The SMILES string of the molecule is CCCCNC(=O)C1CCC(C)N(C(=O)c2cccc(S(=O)(=O)N(CC)CC)c2)C1. The Morgan fingerprint density at radius 2 is 1.87 bits per heavy atom. The van der Waals surface area contributed by atoms with Crippen molar-refractivity contribution in [1.29, 1.82) is 0 Å². The summed E-state index contributed by atoms with van der Waals surface area (Å²) in [7, 11) is -3.64. The molecule has 1 aliphatic rings. The van der Waals surface area contributed by atoms with Crippen molar-refractivity contribution in [3.05, 3.63) is 29.8 Å². The summed E-state index contributed by atoms with van der Waals surface area (Å²) in [4.78, 5) is 27.5. The van der Waals surface area contributed by atoms with Gasteiger partial charge in [0, 0.05) is 37.8 Å². The molecule has 1 aliphatic heterocycles. The highest BCUT2D eigenvalue weighted by molar-refractivity contribution is 7.89. The van der Waals surface area contributed by atoms with Crippen molar-refractivity contribution < 1.29 is 18.0 Å². The number of nitrogens with zero attached hydrogens (tertiary/aromatic N) is 2. The lowest BCUT2D eigenvalue weighted by molar-refractivity contribution is -0.126.